The number of urea groups is 1. The van der Waals surface area contributed by atoms with Crippen molar-refractivity contribution in [3.05, 3.63) is 35.9 Å². The Hall–Kier alpha value is -1.55. The highest BCUT2D eigenvalue weighted by molar-refractivity contribution is 5.74. The van der Waals surface area contributed by atoms with Crippen LogP contribution in [0.15, 0.2) is 30.3 Å². The lowest BCUT2D eigenvalue weighted by molar-refractivity contribution is 0.109. The zero-order chi connectivity index (χ0) is 16.1. The van der Waals surface area contributed by atoms with Gasteiger partial charge in [0.15, 0.2) is 0 Å². The number of nitrogens with one attached hydrogen (secondary N) is 1. The number of amides is 2. The van der Waals surface area contributed by atoms with Gasteiger partial charge in [-0.15, -0.1) is 0 Å². The average Bonchev–Trinajstić information content (AvgIpc) is 2.63. The van der Waals surface area contributed by atoms with Crippen molar-refractivity contribution in [2.75, 3.05) is 19.7 Å². The zero-order valence-corrected chi connectivity index (χ0v) is 13.8. The molecule has 4 nitrogen and oxygen atoms in total. The molecular weight excluding hydrogens is 288 g/mol. The molecule has 23 heavy (non-hydrogen) atoms. The summed E-state index contributed by atoms with van der Waals surface area (Å²) < 4.78 is 0. The minimum Gasteiger partial charge on any atom is -0.395 e. The molecule has 1 aromatic carbocycles. The van der Waals surface area contributed by atoms with E-state index in [4.69, 9.17) is 0 Å². The lowest BCUT2D eigenvalue weighted by Crippen LogP contribution is -2.52. The highest BCUT2D eigenvalue weighted by atomic mass is 16.3. The fourth-order valence-corrected chi connectivity index (χ4v) is 3.98. The Labute approximate surface area is 138 Å². The first kappa shape index (κ1) is 16.3. The molecule has 0 bridgehead atoms. The van der Waals surface area contributed by atoms with E-state index in [1.807, 2.05) is 23.1 Å². The number of carbonyl (C=O) groups is 1. The largest absolute Gasteiger partial charge is 0.395 e. The summed E-state index contributed by atoms with van der Waals surface area (Å²) in [6, 6.07) is 10.7. The molecule has 2 amide bonds. The number of aliphatic hydroxyl groups excluding tert-OH is 1. The molecule has 0 aromatic heterocycles. The van der Waals surface area contributed by atoms with Crippen LogP contribution in [0.3, 0.4) is 0 Å². The van der Waals surface area contributed by atoms with E-state index in [2.05, 4.69) is 17.4 Å². The van der Waals surface area contributed by atoms with Crippen molar-refractivity contribution in [2.24, 2.45) is 0 Å². The van der Waals surface area contributed by atoms with Crippen LogP contribution in [-0.2, 0) is 5.41 Å². The molecule has 1 aliphatic carbocycles. The van der Waals surface area contributed by atoms with E-state index in [9.17, 15) is 9.90 Å². The highest BCUT2D eigenvalue weighted by Gasteiger charge is 2.37. The van der Waals surface area contributed by atoms with Crippen LogP contribution in [0.25, 0.3) is 0 Å². The smallest absolute Gasteiger partial charge is 0.317 e. The van der Waals surface area contributed by atoms with E-state index < -0.39 is 0 Å². The minimum absolute atomic E-state index is 0.0801. The first-order valence-corrected chi connectivity index (χ1v) is 8.95. The summed E-state index contributed by atoms with van der Waals surface area (Å²) in [5.74, 6) is 0. The van der Waals surface area contributed by atoms with Crippen molar-refractivity contribution in [1.82, 2.24) is 10.2 Å². The van der Waals surface area contributed by atoms with E-state index in [0.29, 0.717) is 19.1 Å². The molecule has 2 fully saturated rings. The summed E-state index contributed by atoms with van der Waals surface area (Å²) in [5.41, 5.74) is 0.998. The van der Waals surface area contributed by atoms with Crippen molar-refractivity contribution >= 4 is 6.03 Å². The van der Waals surface area contributed by atoms with Gasteiger partial charge >= 0.3 is 6.03 Å². The molecule has 1 saturated carbocycles. The van der Waals surface area contributed by atoms with Gasteiger partial charge in [-0.25, -0.2) is 4.79 Å². The van der Waals surface area contributed by atoms with Crippen LogP contribution in [0.1, 0.15) is 50.5 Å². The van der Waals surface area contributed by atoms with Gasteiger partial charge in [-0.2, -0.15) is 0 Å². The Morgan fingerprint density at radius 3 is 2.39 bits per heavy atom. The van der Waals surface area contributed by atoms with Gasteiger partial charge in [0.25, 0.3) is 0 Å². The number of hydrogen-bond donors (Lipinski definition) is 2. The van der Waals surface area contributed by atoms with Crippen molar-refractivity contribution in [1.29, 1.82) is 0 Å². The third kappa shape index (κ3) is 3.69. The van der Waals surface area contributed by atoms with Gasteiger partial charge in [-0.1, -0.05) is 49.6 Å². The summed E-state index contributed by atoms with van der Waals surface area (Å²) in [7, 11) is 0. The summed E-state index contributed by atoms with van der Waals surface area (Å²) in [4.78, 5) is 14.4. The van der Waals surface area contributed by atoms with Gasteiger partial charge in [0.1, 0.15) is 0 Å². The van der Waals surface area contributed by atoms with E-state index in [1.165, 1.54) is 24.8 Å². The van der Waals surface area contributed by atoms with Crippen molar-refractivity contribution in [3.63, 3.8) is 0 Å². The quantitative estimate of drug-likeness (QED) is 0.900. The number of carbonyl (C=O) groups excluding carboxylic acids is 1. The van der Waals surface area contributed by atoms with Gasteiger partial charge in [-0.05, 0) is 31.2 Å². The van der Waals surface area contributed by atoms with Crippen molar-refractivity contribution in [3.8, 4) is 0 Å². The number of likely N-dealkylation sites (tertiary alicyclic amines) is 1. The van der Waals surface area contributed by atoms with E-state index in [1.54, 1.807) is 0 Å². The van der Waals surface area contributed by atoms with Crippen LogP contribution < -0.4 is 5.32 Å². The molecule has 0 radical (unpaired) electrons. The van der Waals surface area contributed by atoms with Gasteiger partial charge < -0.3 is 15.3 Å². The minimum atomic E-state index is -0.192. The van der Waals surface area contributed by atoms with E-state index in [-0.39, 0.29) is 18.1 Å². The number of benzene rings is 1. The fraction of sp³-hybridized carbons (Fsp3) is 0.632. The maximum atomic E-state index is 12.5. The van der Waals surface area contributed by atoms with Gasteiger partial charge in [-0.3, -0.25) is 0 Å². The first-order chi connectivity index (χ1) is 11.2. The second-order valence-corrected chi connectivity index (χ2v) is 7.08. The van der Waals surface area contributed by atoms with Crippen LogP contribution in [0, 0.1) is 0 Å². The average molecular weight is 316 g/mol. The standard InChI is InChI=1S/C19H28N2O2/c22-15-19(16-7-3-1-4-8-16)11-13-21(14-12-19)18(23)20-17-9-5-2-6-10-17/h1,3-4,7-8,17,22H,2,5-6,9-15H2,(H,20,23). The van der Waals surface area contributed by atoms with Crippen LogP contribution in [0.5, 0.6) is 0 Å². The summed E-state index contributed by atoms with van der Waals surface area (Å²) >= 11 is 0. The monoisotopic (exact) mass is 316 g/mol. The second-order valence-electron chi connectivity index (χ2n) is 7.08. The van der Waals surface area contributed by atoms with Crippen LogP contribution >= 0.6 is 0 Å². The van der Waals surface area contributed by atoms with Crippen molar-refractivity contribution in [2.45, 2.75) is 56.4 Å². The molecule has 2 aliphatic rings. The Balaban J connectivity index is 1.57. The Bertz CT molecular complexity index is 503. The molecule has 0 atom stereocenters. The molecule has 0 spiro atoms. The van der Waals surface area contributed by atoms with Crippen molar-refractivity contribution < 1.29 is 9.90 Å². The molecule has 1 aromatic rings. The molecule has 1 heterocycles. The highest BCUT2D eigenvalue weighted by Crippen LogP contribution is 2.35. The van der Waals surface area contributed by atoms with Crippen LogP contribution in [0.4, 0.5) is 4.79 Å². The topological polar surface area (TPSA) is 52.6 Å². The maximum absolute atomic E-state index is 12.5. The van der Waals surface area contributed by atoms with Gasteiger partial charge in [0.05, 0.1) is 6.61 Å². The lowest BCUT2D eigenvalue weighted by Gasteiger charge is -2.41. The molecular formula is C19H28N2O2. The molecule has 1 saturated heterocycles. The maximum Gasteiger partial charge on any atom is 0.317 e. The summed E-state index contributed by atoms with van der Waals surface area (Å²) in [6.07, 6.45) is 7.64. The SMILES string of the molecule is O=C(NC1CCCCC1)N1CCC(CO)(c2ccccc2)CC1. The predicted octanol–water partition coefficient (Wildman–Crippen LogP) is 3.05. The van der Waals surface area contributed by atoms with Crippen LogP contribution in [-0.4, -0.2) is 41.8 Å². The van der Waals surface area contributed by atoms with E-state index in [0.717, 1.165) is 25.7 Å². The molecule has 1 aliphatic heterocycles. The third-order valence-electron chi connectivity index (χ3n) is 5.63. The fourth-order valence-electron chi connectivity index (χ4n) is 3.98. The molecule has 0 unspecified atom stereocenters. The number of piperidine rings is 1. The molecule has 3 rings (SSSR count). The molecule has 2 N–H and O–H groups in total. The van der Waals surface area contributed by atoms with Gasteiger partial charge in [0.2, 0.25) is 0 Å². The number of hydrogen-bond acceptors (Lipinski definition) is 2. The molecule has 126 valence electrons. The Morgan fingerprint density at radius 1 is 1.13 bits per heavy atom. The summed E-state index contributed by atoms with van der Waals surface area (Å²) in [5, 5.41) is 13.2. The normalized spacial score (nSPS) is 21.9. The van der Waals surface area contributed by atoms with Gasteiger partial charge in [0, 0.05) is 24.5 Å². The van der Waals surface area contributed by atoms with E-state index >= 15 is 0 Å². The molecule has 4 heteroatoms. The van der Waals surface area contributed by atoms with Crippen LogP contribution in [0.2, 0.25) is 0 Å². The second kappa shape index (κ2) is 7.35. The Morgan fingerprint density at radius 2 is 1.78 bits per heavy atom. The predicted molar refractivity (Wildman–Crippen MR) is 91.4 cm³/mol. The third-order valence-corrected chi connectivity index (χ3v) is 5.63. The first-order valence-electron chi connectivity index (χ1n) is 8.95. The number of aliphatic hydroxyl groups is 1. The summed E-state index contributed by atoms with van der Waals surface area (Å²) in [6.45, 7) is 1.58. The zero-order valence-electron chi connectivity index (χ0n) is 13.8. The number of nitrogens with zero attached hydrogens (tertiary/aromatic N) is 1. The number of rotatable bonds is 3. The Kier molecular flexibility index (Phi) is 5.21. The lowest BCUT2D eigenvalue weighted by atomic mass is 9.73.